The molecule has 114 valence electrons. The van der Waals surface area contributed by atoms with Crippen molar-refractivity contribution in [2.75, 3.05) is 11.9 Å². The van der Waals surface area contributed by atoms with Crippen LogP contribution >= 0.6 is 15.9 Å². The Kier molecular flexibility index (Phi) is 4.48. The minimum atomic E-state index is -0.0316. The van der Waals surface area contributed by atoms with E-state index in [1.54, 1.807) is 0 Å². The average molecular weight is 359 g/mol. The Morgan fingerprint density at radius 1 is 1.23 bits per heavy atom. The van der Waals surface area contributed by atoms with Gasteiger partial charge in [-0.3, -0.25) is 0 Å². The first-order valence-corrected chi connectivity index (χ1v) is 8.33. The zero-order valence-electron chi connectivity index (χ0n) is 12.6. The number of nitrogens with one attached hydrogen (secondary N) is 1. The molecule has 2 amide bonds. The van der Waals surface area contributed by atoms with Crippen LogP contribution in [0, 0.1) is 6.92 Å². The summed E-state index contributed by atoms with van der Waals surface area (Å²) in [5.41, 5.74) is 3.26. The van der Waals surface area contributed by atoms with Crippen molar-refractivity contribution in [3.63, 3.8) is 0 Å². The number of benzene rings is 2. The summed E-state index contributed by atoms with van der Waals surface area (Å²) < 4.78 is 0.898. The van der Waals surface area contributed by atoms with Crippen LogP contribution in [0.1, 0.15) is 30.0 Å². The van der Waals surface area contributed by atoms with Crippen molar-refractivity contribution in [3.8, 4) is 0 Å². The molecule has 1 atom stereocenters. The van der Waals surface area contributed by atoms with E-state index < -0.39 is 0 Å². The lowest BCUT2D eigenvalue weighted by Crippen LogP contribution is -2.34. The highest BCUT2D eigenvalue weighted by Gasteiger charge is 2.30. The van der Waals surface area contributed by atoms with E-state index in [1.165, 1.54) is 11.1 Å². The van der Waals surface area contributed by atoms with Gasteiger partial charge in [0.1, 0.15) is 0 Å². The van der Waals surface area contributed by atoms with Crippen LogP contribution in [0.3, 0.4) is 0 Å². The van der Waals surface area contributed by atoms with Gasteiger partial charge >= 0.3 is 6.03 Å². The first-order valence-electron chi connectivity index (χ1n) is 7.54. The fraction of sp³-hybridized carbons (Fsp3) is 0.278. The zero-order chi connectivity index (χ0) is 15.5. The van der Waals surface area contributed by atoms with Gasteiger partial charge in [0.15, 0.2) is 0 Å². The largest absolute Gasteiger partial charge is 0.322 e. The number of hydrogen-bond acceptors (Lipinski definition) is 1. The molecule has 0 bridgehead atoms. The number of urea groups is 1. The van der Waals surface area contributed by atoms with Gasteiger partial charge in [-0.2, -0.15) is 0 Å². The summed E-state index contributed by atoms with van der Waals surface area (Å²) in [6, 6.07) is 16.3. The molecule has 4 heteroatoms. The highest BCUT2D eigenvalue weighted by Crippen LogP contribution is 2.33. The third kappa shape index (κ3) is 3.17. The average Bonchev–Trinajstić information content (AvgIpc) is 2.99. The molecule has 0 aliphatic carbocycles. The summed E-state index contributed by atoms with van der Waals surface area (Å²) in [6.45, 7) is 2.89. The van der Waals surface area contributed by atoms with Crippen molar-refractivity contribution >= 4 is 27.6 Å². The predicted octanol–water partition coefficient (Wildman–Crippen LogP) is 5.13. The Morgan fingerprint density at radius 3 is 2.82 bits per heavy atom. The van der Waals surface area contributed by atoms with E-state index >= 15 is 0 Å². The van der Waals surface area contributed by atoms with Crippen LogP contribution in [0.4, 0.5) is 10.5 Å². The van der Waals surface area contributed by atoms with E-state index in [0.29, 0.717) is 0 Å². The third-order valence-corrected chi connectivity index (χ3v) is 4.75. The number of anilines is 1. The molecule has 0 saturated carbocycles. The standard InChI is InChI=1S/C18H19BrN2O/c1-13-6-4-7-14(12-13)17-10-5-11-21(17)18(22)20-16-9-3-2-8-15(16)19/h2-4,6-9,12,17H,5,10-11H2,1H3,(H,20,22)/t17-/m1/s1. The highest BCUT2D eigenvalue weighted by atomic mass is 79.9. The predicted molar refractivity (Wildman–Crippen MR) is 93.0 cm³/mol. The van der Waals surface area contributed by atoms with Crippen molar-refractivity contribution in [1.82, 2.24) is 4.90 Å². The van der Waals surface area contributed by atoms with Crippen LogP contribution in [0.5, 0.6) is 0 Å². The van der Waals surface area contributed by atoms with Crippen molar-refractivity contribution in [2.45, 2.75) is 25.8 Å². The van der Waals surface area contributed by atoms with Gasteiger partial charge in [-0.15, -0.1) is 0 Å². The Morgan fingerprint density at radius 2 is 2.05 bits per heavy atom. The maximum absolute atomic E-state index is 12.6. The summed E-state index contributed by atoms with van der Waals surface area (Å²) in [4.78, 5) is 14.6. The molecule has 1 aliphatic rings. The lowest BCUT2D eigenvalue weighted by Gasteiger charge is -2.26. The number of likely N-dealkylation sites (tertiary alicyclic amines) is 1. The molecule has 1 fully saturated rings. The lowest BCUT2D eigenvalue weighted by atomic mass is 10.0. The van der Waals surface area contributed by atoms with E-state index in [2.05, 4.69) is 52.4 Å². The molecule has 1 heterocycles. The Bertz CT molecular complexity index is 686. The van der Waals surface area contributed by atoms with Gasteiger partial charge < -0.3 is 10.2 Å². The van der Waals surface area contributed by atoms with Crippen molar-refractivity contribution in [1.29, 1.82) is 0 Å². The monoisotopic (exact) mass is 358 g/mol. The van der Waals surface area contributed by atoms with E-state index in [4.69, 9.17) is 0 Å². The summed E-state index contributed by atoms with van der Waals surface area (Å²) in [5, 5.41) is 3.01. The molecule has 0 aromatic heterocycles. The maximum atomic E-state index is 12.6. The van der Waals surface area contributed by atoms with Crippen LogP contribution in [-0.4, -0.2) is 17.5 Å². The molecule has 2 aromatic rings. The van der Waals surface area contributed by atoms with Crippen LogP contribution in [0.25, 0.3) is 0 Å². The minimum Gasteiger partial charge on any atom is -0.317 e. The normalized spacial score (nSPS) is 17.5. The SMILES string of the molecule is Cc1cccc([C@H]2CCCN2C(=O)Nc2ccccc2Br)c1. The molecule has 22 heavy (non-hydrogen) atoms. The Labute approximate surface area is 139 Å². The van der Waals surface area contributed by atoms with Gasteiger partial charge in [-0.25, -0.2) is 4.79 Å². The van der Waals surface area contributed by atoms with Crippen LogP contribution in [0.2, 0.25) is 0 Å². The minimum absolute atomic E-state index is 0.0316. The molecule has 2 aromatic carbocycles. The number of amides is 2. The smallest absolute Gasteiger partial charge is 0.317 e. The highest BCUT2D eigenvalue weighted by molar-refractivity contribution is 9.10. The Balaban J connectivity index is 1.78. The summed E-state index contributed by atoms with van der Waals surface area (Å²) >= 11 is 3.47. The first kappa shape index (κ1) is 15.1. The molecule has 0 radical (unpaired) electrons. The van der Waals surface area contributed by atoms with E-state index in [9.17, 15) is 4.79 Å². The van der Waals surface area contributed by atoms with Gasteiger partial charge in [0, 0.05) is 11.0 Å². The molecule has 0 unspecified atom stereocenters. The van der Waals surface area contributed by atoms with Gasteiger partial charge in [0.25, 0.3) is 0 Å². The summed E-state index contributed by atoms with van der Waals surface area (Å²) in [6.07, 6.45) is 2.06. The number of rotatable bonds is 2. The summed E-state index contributed by atoms with van der Waals surface area (Å²) in [7, 11) is 0. The van der Waals surface area contributed by atoms with Crippen molar-refractivity contribution in [3.05, 3.63) is 64.1 Å². The van der Waals surface area contributed by atoms with E-state index in [0.717, 1.165) is 29.5 Å². The topological polar surface area (TPSA) is 32.3 Å². The van der Waals surface area contributed by atoms with Crippen LogP contribution in [-0.2, 0) is 0 Å². The van der Waals surface area contributed by atoms with Gasteiger partial charge in [0.2, 0.25) is 0 Å². The second kappa shape index (κ2) is 6.53. The Hall–Kier alpha value is -1.81. The fourth-order valence-corrected chi connectivity index (χ4v) is 3.37. The first-order chi connectivity index (χ1) is 10.6. The third-order valence-electron chi connectivity index (χ3n) is 4.06. The zero-order valence-corrected chi connectivity index (χ0v) is 14.1. The number of halogens is 1. The number of para-hydroxylation sites is 1. The number of hydrogen-bond donors (Lipinski definition) is 1. The maximum Gasteiger partial charge on any atom is 0.322 e. The second-order valence-corrected chi connectivity index (χ2v) is 6.53. The quantitative estimate of drug-likeness (QED) is 0.792. The van der Waals surface area contributed by atoms with Crippen LogP contribution in [0.15, 0.2) is 53.0 Å². The molecule has 1 saturated heterocycles. The number of nitrogens with zero attached hydrogens (tertiary/aromatic N) is 1. The van der Waals surface area contributed by atoms with Gasteiger partial charge in [-0.05, 0) is 53.4 Å². The summed E-state index contributed by atoms with van der Waals surface area (Å²) in [5.74, 6) is 0. The van der Waals surface area contributed by atoms with Crippen LogP contribution < -0.4 is 5.32 Å². The van der Waals surface area contributed by atoms with E-state index in [1.807, 2.05) is 29.2 Å². The lowest BCUT2D eigenvalue weighted by molar-refractivity contribution is 0.207. The molecule has 3 rings (SSSR count). The number of carbonyl (C=O) groups excluding carboxylic acids is 1. The molecule has 3 nitrogen and oxygen atoms in total. The molecule has 0 spiro atoms. The number of aryl methyl sites for hydroxylation is 1. The molecular formula is C18H19BrN2O. The molecular weight excluding hydrogens is 340 g/mol. The molecule has 1 N–H and O–H groups in total. The molecule has 1 aliphatic heterocycles. The fourth-order valence-electron chi connectivity index (χ4n) is 2.98. The number of carbonyl (C=O) groups is 1. The van der Waals surface area contributed by atoms with Crippen molar-refractivity contribution in [2.24, 2.45) is 0 Å². The van der Waals surface area contributed by atoms with Gasteiger partial charge in [-0.1, -0.05) is 42.0 Å². The van der Waals surface area contributed by atoms with Gasteiger partial charge in [0.05, 0.1) is 11.7 Å². The van der Waals surface area contributed by atoms with E-state index in [-0.39, 0.29) is 12.1 Å². The van der Waals surface area contributed by atoms with Crippen molar-refractivity contribution < 1.29 is 4.79 Å². The second-order valence-electron chi connectivity index (χ2n) is 5.68.